The van der Waals surface area contributed by atoms with Gasteiger partial charge < -0.3 is 10.6 Å². The van der Waals surface area contributed by atoms with E-state index in [4.69, 9.17) is 0 Å². The molecule has 2 aliphatic rings. The Morgan fingerprint density at radius 2 is 2.26 bits per heavy atom. The van der Waals surface area contributed by atoms with Gasteiger partial charge in [-0.3, -0.25) is 9.69 Å². The number of piperazine rings is 1. The lowest BCUT2D eigenvalue weighted by atomic mass is 9.74. The average Bonchev–Trinajstić information content (AvgIpc) is 2.38. The molecule has 1 saturated carbocycles. The summed E-state index contributed by atoms with van der Waals surface area (Å²) in [6, 6.07) is 0.603. The highest BCUT2D eigenvalue weighted by Gasteiger charge is 2.37. The maximum absolute atomic E-state index is 12.2. The molecule has 0 bridgehead atoms. The molecule has 2 N–H and O–H groups in total. The fourth-order valence-corrected chi connectivity index (χ4v) is 3.63. The van der Waals surface area contributed by atoms with Crippen LogP contribution in [0.5, 0.6) is 0 Å². The summed E-state index contributed by atoms with van der Waals surface area (Å²) >= 11 is 0. The summed E-state index contributed by atoms with van der Waals surface area (Å²) in [5, 5.41) is 6.35. The van der Waals surface area contributed by atoms with E-state index in [1.807, 2.05) is 6.92 Å². The second-order valence-electron chi connectivity index (χ2n) is 6.77. The maximum atomic E-state index is 12.2. The van der Waals surface area contributed by atoms with E-state index in [0.29, 0.717) is 11.5 Å². The Bertz CT molecular complexity index is 317. The summed E-state index contributed by atoms with van der Waals surface area (Å²) in [6.07, 6.45) is 5.09. The van der Waals surface area contributed by atoms with Gasteiger partial charge in [0.05, 0.1) is 0 Å². The minimum Gasteiger partial charge on any atom is -0.355 e. The SMILES string of the molecule is CCNC(=O)C1CNCCN1C1CCCC(C)(C)C1. The lowest BCUT2D eigenvalue weighted by Crippen LogP contribution is -2.61. The Balaban J connectivity index is 2.04. The van der Waals surface area contributed by atoms with E-state index in [0.717, 1.165) is 26.2 Å². The van der Waals surface area contributed by atoms with Gasteiger partial charge in [0.25, 0.3) is 0 Å². The van der Waals surface area contributed by atoms with Gasteiger partial charge in [-0.25, -0.2) is 0 Å². The summed E-state index contributed by atoms with van der Waals surface area (Å²) in [4.78, 5) is 14.7. The molecule has 1 aliphatic carbocycles. The van der Waals surface area contributed by atoms with E-state index in [1.165, 1.54) is 25.7 Å². The van der Waals surface area contributed by atoms with Crippen LogP contribution in [0.3, 0.4) is 0 Å². The van der Waals surface area contributed by atoms with Crippen molar-refractivity contribution >= 4 is 5.91 Å². The van der Waals surface area contributed by atoms with Crippen LogP contribution < -0.4 is 10.6 Å². The Morgan fingerprint density at radius 3 is 2.95 bits per heavy atom. The van der Waals surface area contributed by atoms with Crippen molar-refractivity contribution in [2.24, 2.45) is 5.41 Å². The van der Waals surface area contributed by atoms with Crippen molar-refractivity contribution in [2.75, 3.05) is 26.2 Å². The number of hydrogen-bond acceptors (Lipinski definition) is 3. The molecule has 0 spiro atoms. The van der Waals surface area contributed by atoms with Crippen LogP contribution in [0.1, 0.15) is 46.5 Å². The minimum absolute atomic E-state index is 0.0209. The van der Waals surface area contributed by atoms with Crippen LogP contribution in [-0.2, 0) is 4.79 Å². The number of carbonyl (C=O) groups is 1. The Kier molecular flexibility index (Phi) is 4.85. The van der Waals surface area contributed by atoms with E-state index >= 15 is 0 Å². The highest BCUT2D eigenvalue weighted by Crippen LogP contribution is 2.37. The fraction of sp³-hybridized carbons (Fsp3) is 0.933. The van der Waals surface area contributed by atoms with Gasteiger partial charge in [0, 0.05) is 32.2 Å². The van der Waals surface area contributed by atoms with E-state index in [2.05, 4.69) is 29.4 Å². The van der Waals surface area contributed by atoms with Gasteiger partial charge in [0.2, 0.25) is 5.91 Å². The molecule has 2 atom stereocenters. The lowest BCUT2D eigenvalue weighted by molar-refractivity contribution is -0.128. The first-order chi connectivity index (χ1) is 9.03. The maximum Gasteiger partial charge on any atom is 0.238 e. The van der Waals surface area contributed by atoms with Crippen molar-refractivity contribution in [3.8, 4) is 0 Å². The first-order valence-electron chi connectivity index (χ1n) is 7.78. The quantitative estimate of drug-likeness (QED) is 0.811. The number of amides is 1. The van der Waals surface area contributed by atoms with Gasteiger partial charge in [0.1, 0.15) is 6.04 Å². The molecule has 19 heavy (non-hydrogen) atoms. The molecular weight excluding hydrogens is 238 g/mol. The molecule has 1 aliphatic heterocycles. The highest BCUT2D eigenvalue weighted by atomic mass is 16.2. The van der Waals surface area contributed by atoms with Crippen LogP contribution in [0.25, 0.3) is 0 Å². The molecule has 0 aromatic carbocycles. The lowest BCUT2D eigenvalue weighted by Gasteiger charge is -2.46. The number of rotatable bonds is 3. The van der Waals surface area contributed by atoms with Crippen molar-refractivity contribution in [3.05, 3.63) is 0 Å². The first kappa shape index (κ1) is 14.8. The Labute approximate surface area is 117 Å². The summed E-state index contributed by atoms with van der Waals surface area (Å²) < 4.78 is 0. The number of likely N-dealkylation sites (N-methyl/N-ethyl adjacent to an activating group) is 1. The van der Waals surface area contributed by atoms with Crippen LogP contribution in [0.4, 0.5) is 0 Å². The van der Waals surface area contributed by atoms with Gasteiger partial charge in [-0.05, 0) is 31.6 Å². The van der Waals surface area contributed by atoms with Crippen molar-refractivity contribution in [2.45, 2.75) is 58.5 Å². The van der Waals surface area contributed by atoms with Gasteiger partial charge in [-0.2, -0.15) is 0 Å². The average molecular weight is 267 g/mol. The smallest absolute Gasteiger partial charge is 0.238 e. The van der Waals surface area contributed by atoms with Gasteiger partial charge in [-0.15, -0.1) is 0 Å². The molecule has 1 heterocycles. The van der Waals surface area contributed by atoms with E-state index in [9.17, 15) is 4.79 Å². The third-order valence-corrected chi connectivity index (χ3v) is 4.59. The summed E-state index contributed by atoms with van der Waals surface area (Å²) in [7, 11) is 0. The van der Waals surface area contributed by atoms with Crippen LogP contribution >= 0.6 is 0 Å². The number of nitrogens with zero attached hydrogens (tertiary/aromatic N) is 1. The molecule has 1 amide bonds. The molecule has 2 unspecified atom stereocenters. The molecule has 2 rings (SSSR count). The molecule has 4 nitrogen and oxygen atoms in total. The molecule has 110 valence electrons. The van der Waals surface area contributed by atoms with Crippen LogP contribution in [0, 0.1) is 5.41 Å². The normalized spacial score (nSPS) is 31.9. The van der Waals surface area contributed by atoms with Gasteiger partial charge in [-0.1, -0.05) is 20.3 Å². The third-order valence-electron chi connectivity index (χ3n) is 4.59. The highest BCUT2D eigenvalue weighted by molar-refractivity contribution is 5.82. The third kappa shape index (κ3) is 3.69. The molecule has 0 radical (unpaired) electrons. The standard InChI is InChI=1S/C15H29N3O/c1-4-17-14(19)13-11-16-8-9-18(13)12-6-5-7-15(2,3)10-12/h12-13,16H,4-11H2,1-3H3,(H,17,19). The number of carbonyl (C=O) groups excluding carboxylic acids is 1. The van der Waals surface area contributed by atoms with Crippen molar-refractivity contribution in [3.63, 3.8) is 0 Å². The van der Waals surface area contributed by atoms with Crippen molar-refractivity contribution in [1.82, 2.24) is 15.5 Å². The zero-order valence-corrected chi connectivity index (χ0v) is 12.7. The molecule has 1 saturated heterocycles. The molecule has 0 aromatic rings. The van der Waals surface area contributed by atoms with Crippen LogP contribution in [-0.4, -0.2) is 49.1 Å². The van der Waals surface area contributed by atoms with Gasteiger partial charge in [0.15, 0.2) is 0 Å². The summed E-state index contributed by atoms with van der Waals surface area (Å²) in [5.74, 6) is 0.193. The zero-order valence-electron chi connectivity index (χ0n) is 12.7. The fourth-order valence-electron chi connectivity index (χ4n) is 3.63. The molecule has 4 heteroatoms. The second kappa shape index (κ2) is 6.23. The topological polar surface area (TPSA) is 44.4 Å². The second-order valence-corrected chi connectivity index (χ2v) is 6.77. The van der Waals surface area contributed by atoms with E-state index in [-0.39, 0.29) is 11.9 Å². The largest absolute Gasteiger partial charge is 0.355 e. The predicted molar refractivity (Wildman–Crippen MR) is 78.1 cm³/mol. The van der Waals surface area contributed by atoms with E-state index < -0.39 is 0 Å². The summed E-state index contributed by atoms with van der Waals surface area (Å²) in [6.45, 7) is 10.2. The zero-order chi connectivity index (χ0) is 13.9. The van der Waals surface area contributed by atoms with Gasteiger partial charge >= 0.3 is 0 Å². The molecule has 0 aromatic heterocycles. The predicted octanol–water partition coefficient (Wildman–Crippen LogP) is 1.37. The Morgan fingerprint density at radius 1 is 1.47 bits per heavy atom. The summed E-state index contributed by atoms with van der Waals surface area (Å²) in [5.41, 5.74) is 0.430. The van der Waals surface area contributed by atoms with Crippen molar-refractivity contribution in [1.29, 1.82) is 0 Å². The Hall–Kier alpha value is -0.610. The van der Waals surface area contributed by atoms with Crippen LogP contribution in [0.15, 0.2) is 0 Å². The number of nitrogens with one attached hydrogen (secondary N) is 2. The minimum atomic E-state index is 0.0209. The van der Waals surface area contributed by atoms with E-state index in [1.54, 1.807) is 0 Å². The molecule has 2 fully saturated rings. The first-order valence-corrected chi connectivity index (χ1v) is 7.78. The van der Waals surface area contributed by atoms with Crippen molar-refractivity contribution < 1.29 is 4.79 Å². The monoisotopic (exact) mass is 267 g/mol. The number of hydrogen-bond donors (Lipinski definition) is 2. The van der Waals surface area contributed by atoms with Crippen LogP contribution in [0.2, 0.25) is 0 Å². The molecular formula is C15H29N3O.